The van der Waals surface area contributed by atoms with Gasteiger partial charge in [-0.2, -0.15) is 0 Å². The normalized spacial score (nSPS) is 10.3. The molecule has 136 valence electrons. The van der Waals surface area contributed by atoms with Gasteiger partial charge in [0.25, 0.3) is 5.91 Å². The topological polar surface area (TPSA) is 111 Å². The van der Waals surface area contributed by atoms with Gasteiger partial charge >= 0.3 is 5.97 Å². The molecule has 0 fully saturated rings. The molecule has 1 aromatic heterocycles. The molecular formula is C16H12Cl3N3O4. The predicted molar refractivity (Wildman–Crippen MR) is 99.0 cm³/mol. The summed E-state index contributed by atoms with van der Waals surface area (Å²) in [5.74, 6) is -1.88. The summed E-state index contributed by atoms with van der Waals surface area (Å²) in [6, 6.07) is 6.42. The first-order valence-electron chi connectivity index (χ1n) is 7.09. The van der Waals surface area contributed by atoms with Gasteiger partial charge < -0.3 is 15.8 Å². The van der Waals surface area contributed by atoms with E-state index in [1.165, 1.54) is 6.92 Å². The van der Waals surface area contributed by atoms with Gasteiger partial charge in [-0.05, 0) is 19.1 Å². The molecule has 0 saturated carbocycles. The van der Waals surface area contributed by atoms with Crippen LogP contribution in [0.15, 0.2) is 24.3 Å². The summed E-state index contributed by atoms with van der Waals surface area (Å²) < 4.78 is 4.85. The van der Waals surface area contributed by atoms with E-state index in [1.807, 2.05) is 0 Å². The van der Waals surface area contributed by atoms with Crippen molar-refractivity contribution in [3.63, 3.8) is 0 Å². The summed E-state index contributed by atoms with van der Waals surface area (Å²) in [6.07, 6.45) is 0. The van der Waals surface area contributed by atoms with Gasteiger partial charge in [0.05, 0.1) is 16.4 Å². The van der Waals surface area contributed by atoms with Gasteiger partial charge in [-0.1, -0.05) is 46.9 Å². The van der Waals surface area contributed by atoms with Gasteiger partial charge in [-0.25, -0.2) is 9.78 Å². The second-order valence-electron chi connectivity index (χ2n) is 5.02. The molecule has 0 radical (unpaired) electrons. The molecule has 10 heteroatoms. The minimum Gasteiger partial charge on any atom is -0.451 e. The molecule has 2 aromatic rings. The molecule has 0 spiro atoms. The third-order valence-electron chi connectivity index (χ3n) is 3.18. The fraction of sp³-hybridized carbons (Fsp3) is 0.125. The molecule has 3 N–H and O–H groups in total. The van der Waals surface area contributed by atoms with Crippen LogP contribution in [-0.4, -0.2) is 29.3 Å². The molecule has 0 aliphatic carbocycles. The second kappa shape index (κ2) is 8.35. The van der Waals surface area contributed by atoms with E-state index in [-0.39, 0.29) is 32.4 Å². The van der Waals surface area contributed by atoms with E-state index in [9.17, 15) is 14.4 Å². The third-order valence-corrected chi connectivity index (χ3v) is 4.32. The number of hydrogen-bond donors (Lipinski definition) is 2. The molecule has 0 unspecified atom stereocenters. The van der Waals surface area contributed by atoms with E-state index in [0.29, 0.717) is 11.3 Å². The quantitative estimate of drug-likeness (QED) is 0.437. The van der Waals surface area contributed by atoms with Crippen molar-refractivity contribution in [3.05, 3.63) is 50.7 Å². The highest BCUT2D eigenvalue weighted by molar-refractivity contribution is 6.46. The number of nitrogens with one attached hydrogen (secondary N) is 1. The third kappa shape index (κ3) is 4.43. The number of halogens is 3. The van der Waals surface area contributed by atoms with E-state index in [2.05, 4.69) is 10.3 Å². The van der Waals surface area contributed by atoms with Crippen molar-refractivity contribution in [2.24, 2.45) is 0 Å². The van der Waals surface area contributed by atoms with E-state index in [4.69, 9.17) is 45.3 Å². The lowest BCUT2D eigenvalue weighted by molar-refractivity contribution is -0.119. The van der Waals surface area contributed by atoms with Crippen LogP contribution in [0.1, 0.15) is 27.8 Å². The maximum atomic E-state index is 12.1. The summed E-state index contributed by atoms with van der Waals surface area (Å²) in [5.41, 5.74) is 5.76. The number of ether oxygens (including phenoxy) is 1. The average molecular weight is 417 g/mol. The fourth-order valence-electron chi connectivity index (χ4n) is 1.95. The fourth-order valence-corrected chi connectivity index (χ4v) is 2.54. The van der Waals surface area contributed by atoms with E-state index < -0.39 is 18.5 Å². The van der Waals surface area contributed by atoms with Crippen LogP contribution < -0.4 is 11.1 Å². The van der Waals surface area contributed by atoms with E-state index >= 15 is 0 Å². The van der Waals surface area contributed by atoms with Crippen LogP contribution >= 0.6 is 34.8 Å². The first-order chi connectivity index (χ1) is 12.2. The standard InChI is InChI=1S/C16H12Cl3N3O4/c1-7(23)8-4-2-3-5-9(8)21-10(24)6-26-16(25)14-11(17)13(20)12(18)15(19)22-14/h2-5H,6H2,1H3,(H2,20,22)(H,21,24). The number of carbonyl (C=O) groups is 3. The molecule has 7 nitrogen and oxygen atoms in total. The molecular weight excluding hydrogens is 405 g/mol. The molecule has 2 rings (SSSR count). The van der Waals surface area contributed by atoms with Crippen LogP contribution in [-0.2, 0) is 9.53 Å². The Morgan fingerprint density at radius 1 is 1.15 bits per heavy atom. The highest BCUT2D eigenvalue weighted by Gasteiger charge is 2.22. The summed E-state index contributed by atoms with van der Waals surface area (Å²) in [6.45, 7) is 0.733. The Morgan fingerprint density at radius 3 is 2.46 bits per heavy atom. The van der Waals surface area contributed by atoms with Crippen LogP contribution in [0.3, 0.4) is 0 Å². The summed E-state index contributed by atoms with van der Waals surface area (Å²) >= 11 is 17.4. The van der Waals surface area contributed by atoms with Crippen molar-refractivity contribution in [3.8, 4) is 0 Å². The van der Waals surface area contributed by atoms with Crippen molar-refractivity contribution in [2.75, 3.05) is 17.7 Å². The second-order valence-corrected chi connectivity index (χ2v) is 6.13. The summed E-state index contributed by atoms with van der Waals surface area (Å²) in [5, 5.41) is 1.94. The van der Waals surface area contributed by atoms with Crippen molar-refractivity contribution in [1.82, 2.24) is 4.98 Å². The lowest BCUT2D eigenvalue weighted by Gasteiger charge is -2.11. The number of amides is 1. The number of ketones is 1. The number of nitrogen functional groups attached to an aromatic ring is 1. The number of rotatable bonds is 5. The Bertz CT molecular complexity index is 903. The largest absolute Gasteiger partial charge is 0.451 e. The molecule has 1 amide bonds. The van der Waals surface area contributed by atoms with Gasteiger partial charge in [0.2, 0.25) is 0 Å². The van der Waals surface area contributed by atoms with Gasteiger partial charge in [0, 0.05) is 5.56 Å². The first-order valence-corrected chi connectivity index (χ1v) is 8.22. The van der Waals surface area contributed by atoms with Crippen molar-refractivity contribution < 1.29 is 19.1 Å². The molecule has 0 bridgehead atoms. The highest BCUT2D eigenvalue weighted by Crippen LogP contribution is 2.34. The smallest absolute Gasteiger partial charge is 0.359 e. The Balaban J connectivity index is 2.07. The minimum atomic E-state index is -1.00. The minimum absolute atomic E-state index is 0.0909. The lowest BCUT2D eigenvalue weighted by atomic mass is 10.1. The lowest BCUT2D eigenvalue weighted by Crippen LogP contribution is -2.22. The first kappa shape index (κ1) is 20.0. The Kier molecular flexibility index (Phi) is 6.42. The van der Waals surface area contributed by atoms with Gasteiger partial charge in [-0.15, -0.1) is 0 Å². The zero-order chi connectivity index (χ0) is 19.4. The number of Topliss-reactive ketones (excluding diaryl/α,β-unsaturated/α-hetero) is 1. The van der Waals surface area contributed by atoms with Crippen molar-refractivity contribution >= 4 is 63.8 Å². The number of anilines is 2. The number of benzene rings is 1. The summed E-state index contributed by atoms with van der Waals surface area (Å²) in [4.78, 5) is 39.3. The Hall–Kier alpha value is -2.35. The van der Waals surface area contributed by atoms with Crippen LogP contribution in [0.2, 0.25) is 15.2 Å². The number of hydrogen-bond acceptors (Lipinski definition) is 6. The number of para-hydroxylation sites is 1. The zero-order valence-electron chi connectivity index (χ0n) is 13.3. The van der Waals surface area contributed by atoms with Crippen LogP contribution in [0.25, 0.3) is 0 Å². The maximum absolute atomic E-state index is 12.1. The van der Waals surface area contributed by atoms with E-state index in [0.717, 1.165) is 0 Å². The monoisotopic (exact) mass is 415 g/mol. The molecule has 26 heavy (non-hydrogen) atoms. The number of carbonyl (C=O) groups excluding carboxylic acids is 3. The average Bonchev–Trinajstić information content (AvgIpc) is 2.61. The summed E-state index contributed by atoms with van der Waals surface area (Å²) in [7, 11) is 0. The van der Waals surface area contributed by atoms with Gasteiger partial charge in [0.1, 0.15) is 5.02 Å². The van der Waals surface area contributed by atoms with Crippen molar-refractivity contribution in [1.29, 1.82) is 0 Å². The molecule has 0 aliphatic rings. The Morgan fingerprint density at radius 2 is 1.81 bits per heavy atom. The van der Waals surface area contributed by atoms with Gasteiger partial charge in [-0.3, -0.25) is 9.59 Å². The molecule has 0 atom stereocenters. The van der Waals surface area contributed by atoms with Crippen LogP contribution in [0, 0.1) is 0 Å². The van der Waals surface area contributed by atoms with Gasteiger partial charge in [0.15, 0.2) is 23.2 Å². The number of pyridine rings is 1. The Labute approximate surface area is 163 Å². The number of esters is 1. The number of nitrogens with two attached hydrogens (primary N) is 1. The van der Waals surface area contributed by atoms with Crippen LogP contribution in [0.5, 0.6) is 0 Å². The highest BCUT2D eigenvalue weighted by atomic mass is 35.5. The number of nitrogens with zero attached hydrogens (tertiary/aromatic N) is 1. The number of aromatic nitrogens is 1. The zero-order valence-corrected chi connectivity index (χ0v) is 15.6. The molecule has 0 saturated heterocycles. The molecule has 1 aromatic carbocycles. The SMILES string of the molecule is CC(=O)c1ccccc1NC(=O)COC(=O)c1nc(Cl)c(Cl)c(N)c1Cl. The van der Waals surface area contributed by atoms with E-state index in [1.54, 1.807) is 24.3 Å². The molecule has 1 heterocycles. The van der Waals surface area contributed by atoms with Crippen molar-refractivity contribution in [2.45, 2.75) is 6.92 Å². The maximum Gasteiger partial charge on any atom is 0.359 e. The predicted octanol–water partition coefficient (Wildman–Crippen LogP) is 3.62. The molecule has 0 aliphatic heterocycles. The van der Waals surface area contributed by atoms with Crippen LogP contribution in [0.4, 0.5) is 11.4 Å².